The normalized spacial score (nSPS) is 15.2. The van der Waals surface area contributed by atoms with E-state index in [1.54, 1.807) is 11.5 Å². The molecule has 6 nitrogen and oxygen atoms in total. The Labute approximate surface area is 263 Å². The van der Waals surface area contributed by atoms with Gasteiger partial charge in [0.1, 0.15) is 5.75 Å². The van der Waals surface area contributed by atoms with E-state index >= 15 is 0 Å². The van der Waals surface area contributed by atoms with Crippen LogP contribution in [0.3, 0.4) is 0 Å². The smallest absolute Gasteiger partial charge is 0.338 e. The lowest BCUT2D eigenvalue weighted by Crippen LogP contribution is -2.40. The Hall–Kier alpha value is -2.77. The highest BCUT2D eigenvalue weighted by molar-refractivity contribution is 14.1. The number of fused-ring (bicyclic) bond motifs is 1. The van der Waals surface area contributed by atoms with Crippen molar-refractivity contribution in [2.75, 3.05) is 6.61 Å². The highest BCUT2D eigenvalue weighted by atomic mass is 127. The molecule has 9 heteroatoms. The summed E-state index contributed by atoms with van der Waals surface area (Å²) in [7, 11) is 0. The number of hydrogen-bond acceptors (Lipinski definition) is 6. The highest BCUT2D eigenvalue weighted by Gasteiger charge is 2.35. The zero-order valence-electron chi connectivity index (χ0n) is 22.1. The Morgan fingerprint density at radius 2 is 1.75 bits per heavy atom. The van der Waals surface area contributed by atoms with Crippen molar-refractivity contribution in [2.24, 2.45) is 4.99 Å². The van der Waals surface area contributed by atoms with Crippen molar-refractivity contribution in [1.29, 1.82) is 0 Å². The first-order valence-corrected chi connectivity index (χ1v) is 15.7. The van der Waals surface area contributed by atoms with Crippen LogP contribution in [-0.4, -0.2) is 23.2 Å². The van der Waals surface area contributed by atoms with Crippen molar-refractivity contribution >= 4 is 74.3 Å². The Kier molecular flexibility index (Phi) is 8.91. The van der Waals surface area contributed by atoms with Gasteiger partial charge in [-0.2, -0.15) is 0 Å². The van der Waals surface area contributed by atoms with Crippen molar-refractivity contribution in [2.45, 2.75) is 32.9 Å². The second-order valence-corrected chi connectivity index (χ2v) is 12.7. The van der Waals surface area contributed by atoms with E-state index in [2.05, 4.69) is 45.2 Å². The van der Waals surface area contributed by atoms with Gasteiger partial charge in [0.2, 0.25) is 0 Å². The van der Waals surface area contributed by atoms with Crippen molar-refractivity contribution in [3.8, 4) is 5.75 Å². The van der Waals surface area contributed by atoms with Crippen LogP contribution in [0.25, 0.3) is 11.8 Å². The summed E-state index contributed by atoms with van der Waals surface area (Å²) in [4.78, 5) is 33.1. The van der Waals surface area contributed by atoms with Crippen LogP contribution < -0.4 is 19.6 Å². The van der Waals surface area contributed by atoms with Crippen LogP contribution in [0.2, 0.25) is 0 Å². The van der Waals surface area contributed by atoms with Crippen LogP contribution in [0, 0.1) is 7.14 Å². The number of aromatic nitrogens is 1. The Bertz CT molecular complexity index is 1780. The number of rotatable bonds is 7. The lowest BCUT2D eigenvalue weighted by atomic mass is 9.93. The first-order valence-electron chi connectivity index (χ1n) is 12.8. The van der Waals surface area contributed by atoms with E-state index in [1.807, 2.05) is 92.7 Å². The van der Waals surface area contributed by atoms with E-state index in [-0.39, 0.29) is 18.3 Å². The van der Waals surface area contributed by atoms with Crippen LogP contribution in [0.5, 0.6) is 5.75 Å². The van der Waals surface area contributed by atoms with Crippen LogP contribution in [0.15, 0.2) is 88.2 Å². The lowest BCUT2D eigenvalue weighted by Gasteiger charge is -2.25. The molecule has 0 spiro atoms. The van der Waals surface area contributed by atoms with E-state index in [9.17, 15) is 9.59 Å². The van der Waals surface area contributed by atoms with Gasteiger partial charge in [0.25, 0.3) is 5.56 Å². The molecule has 4 aromatic rings. The van der Waals surface area contributed by atoms with E-state index in [4.69, 9.17) is 14.5 Å². The first-order chi connectivity index (χ1) is 19.3. The van der Waals surface area contributed by atoms with Gasteiger partial charge in [-0.1, -0.05) is 72.0 Å². The number of nitrogens with zero attached hydrogens (tertiary/aromatic N) is 2. The number of hydrogen-bond donors (Lipinski definition) is 0. The molecular formula is C31H26I2N2O4S. The molecule has 40 heavy (non-hydrogen) atoms. The topological polar surface area (TPSA) is 69.9 Å². The van der Waals surface area contributed by atoms with E-state index in [0.29, 0.717) is 20.6 Å². The summed E-state index contributed by atoms with van der Waals surface area (Å²) in [5, 5.41) is 0. The largest absolute Gasteiger partial charge is 0.489 e. The average molecular weight is 776 g/mol. The fraction of sp³-hybridized carbons (Fsp3) is 0.194. The maximum atomic E-state index is 14.1. The quantitative estimate of drug-likeness (QED) is 0.173. The summed E-state index contributed by atoms with van der Waals surface area (Å²) in [6.45, 7) is 5.94. The monoisotopic (exact) mass is 776 g/mol. The minimum atomic E-state index is -0.698. The van der Waals surface area contributed by atoms with Gasteiger partial charge in [0.15, 0.2) is 4.80 Å². The molecule has 0 amide bonds. The average Bonchev–Trinajstić information content (AvgIpc) is 3.25. The van der Waals surface area contributed by atoms with Crippen molar-refractivity contribution in [1.82, 2.24) is 4.57 Å². The number of carbonyl (C=O) groups is 1. The van der Waals surface area contributed by atoms with Gasteiger partial charge in [-0.25, -0.2) is 9.79 Å². The molecule has 0 bridgehead atoms. The molecule has 0 unspecified atom stereocenters. The number of thiazole rings is 1. The summed E-state index contributed by atoms with van der Waals surface area (Å²) in [5.41, 5.74) is 3.02. The van der Waals surface area contributed by atoms with Crippen LogP contribution >= 0.6 is 56.5 Å². The molecule has 1 aliphatic heterocycles. The van der Waals surface area contributed by atoms with Crippen LogP contribution in [0.1, 0.15) is 43.5 Å². The molecule has 2 heterocycles. The van der Waals surface area contributed by atoms with E-state index in [1.165, 1.54) is 11.3 Å². The van der Waals surface area contributed by atoms with Crippen molar-refractivity contribution in [3.63, 3.8) is 0 Å². The molecule has 1 aromatic heterocycles. The lowest BCUT2D eigenvalue weighted by molar-refractivity contribution is -0.138. The number of ether oxygens (including phenoxy) is 2. The van der Waals surface area contributed by atoms with Gasteiger partial charge >= 0.3 is 5.97 Å². The number of carbonyl (C=O) groups excluding carboxylic acids is 1. The summed E-state index contributed by atoms with van der Waals surface area (Å²) in [5.74, 6) is 0.242. The van der Waals surface area contributed by atoms with Gasteiger partial charge in [0, 0.05) is 14.7 Å². The minimum Gasteiger partial charge on any atom is -0.489 e. The minimum absolute atomic E-state index is 0.0272. The molecule has 1 atom stereocenters. The summed E-state index contributed by atoms with van der Waals surface area (Å²) < 4.78 is 15.8. The standard InChI is InChI=1S/C31H26I2N2O4S/c1-4-38-30(37)25-26(19-11-7-5-8-12-19)34-31-35(27(25)20-13-9-6-10-14-20)29(36)24(40-31)16-21-15-22(32)17-23(33)28(21)39-18(2)3/h5-18,27H,4H2,1-3H3/b24-16-/t27-/m0/s1. The molecule has 0 fully saturated rings. The zero-order chi connectivity index (χ0) is 28.4. The fourth-order valence-electron chi connectivity index (χ4n) is 4.58. The summed E-state index contributed by atoms with van der Waals surface area (Å²) >= 11 is 5.84. The molecule has 1 aliphatic rings. The van der Waals surface area contributed by atoms with Crippen LogP contribution in [-0.2, 0) is 9.53 Å². The highest BCUT2D eigenvalue weighted by Crippen LogP contribution is 2.35. The van der Waals surface area contributed by atoms with Crippen molar-refractivity contribution < 1.29 is 14.3 Å². The predicted octanol–water partition coefficient (Wildman–Crippen LogP) is 5.93. The zero-order valence-corrected chi connectivity index (χ0v) is 27.2. The second-order valence-electron chi connectivity index (χ2n) is 9.31. The summed E-state index contributed by atoms with van der Waals surface area (Å²) in [6, 6.07) is 22.5. The van der Waals surface area contributed by atoms with Gasteiger partial charge in [-0.15, -0.1) is 0 Å². The van der Waals surface area contributed by atoms with Gasteiger partial charge in [-0.05, 0) is 89.7 Å². The van der Waals surface area contributed by atoms with Gasteiger partial charge < -0.3 is 9.47 Å². The molecule has 0 saturated carbocycles. The van der Waals surface area contributed by atoms with E-state index in [0.717, 1.165) is 29.6 Å². The first kappa shape index (κ1) is 28.7. The predicted molar refractivity (Wildman–Crippen MR) is 175 cm³/mol. The third-order valence-electron chi connectivity index (χ3n) is 6.17. The maximum Gasteiger partial charge on any atom is 0.338 e. The number of benzene rings is 3. The molecule has 0 aliphatic carbocycles. The van der Waals surface area contributed by atoms with E-state index < -0.39 is 12.0 Å². The molecule has 3 aromatic carbocycles. The van der Waals surface area contributed by atoms with Gasteiger partial charge in [-0.3, -0.25) is 9.36 Å². The summed E-state index contributed by atoms with van der Waals surface area (Å²) in [6.07, 6.45) is 1.84. The third kappa shape index (κ3) is 5.82. The van der Waals surface area contributed by atoms with Crippen LogP contribution in [0.4, 0.5) is 0 Å². The Balaban J connectivity index is 1.82. The molecule has 0 N–H and O–H groups in total. The maximum absolute atomic E-state index is 14.1. The number of esters is 1. The second kappa shape index (κ2) is 12.4. The number of halogens is 2. The molecule has 0 radical (unpaired) electrons. The Morgan fingerprint density at radius 3 is 2.40 bits per heavy atom. The third-order valence-corrected chi connectivity index (χ3v) is 8.57. The fourth-order valence-corrected chi connectivity index (χ4v) is 7.59. The molecule has 0 saturated heterocycles. The van der Waals surface area contributed by atoms with Crippen molar-refractivity contribution in [3.05, 3.63) is 122 Å². The molecular weight excluding hydrogens is 750 g/mol. The molecule has 204 valence electrons. The Morgan fingerprint density at radius 1 is 1.07 bits per heavy atom. The SMILES string of the molecule is CCOC(=O)C1=C(c2ccccc2)N=c2s/c(=C\c3cc(I)cc(I)c3OC(C)C)c(=O)n2[C@H]1c1ccccc1. The van der Waals surface area contributed by atoms with Gasteiger partial charge in [0.05, 0.1) is 38.1 Å². The molecule has 5 rings (SSSR count).